The normalized spacial score (nSPS) is 27.5. The molecule has 0 aromatic heterocycles. The summed E-state index contributed by atoms with van der Waals surface area (Å²) in [7, 11) is -1.96. The van der Waals surface area contributed by atoms with Gasteiger partial charge in [0.15, 0.2) is 11.5 Å². The van der Waals surface area contributed by atoms with Crippen LogP contribution in [0.3, 0.4) is 0 Å². The van der Waals surface area contributed by atoms with Crippen LogP contribution >= 0.6 is 11.6 Å². The van der Waals surface area contributed by atoms with Crippen LogP contribution < -0.4 is 82.6 Å². The van der Waals surface area contributed by atoms with Crippen LogP contribution in [0.15, 0.2) is 103 Å². The predicted molar refractivity (Wildman–Crippen MR) is 426 cm³/mol. The van der Waals surface area contributed by atoms with Crippen molar-refractivity contribution in [1.82, 2.24) is 52.6 Å². The number of phenolic OH excluding ortho intramolecular Hbond substituents is 2. The van der Waals surface area contributed by atoms with Crippen molar-refractivity contribution in [2.45, 2.75) is 170 Å². The maximum absolute atomic E-state index is 16.5. The first-order valence-corrected chi connectivity index (χ1v) is 41.5. The molecule has 1 saturated heterocycles. The van der Waals surface area contributed by atoms with Crippen LogP contribution in [0.1, 0.15) is 134 Å². The van der Waals surface area contributed by atoms with Crippen LogP contribution in [0.2, 0.25) is 5.02 Å². The number of halogens is 1. The summed E-state index contributed by atoms with van der Waals surface area (Å²) >= 11 is 7.21. The lowest BCUT2D eigenvalue weighted by Gasteiger charge is -2.54. The molecule has 20 N–H and O–H groups in total. The lowest BCUT2D eigenvalue weighted by molar-refractivity contribution is -0.270. The Balaban J connectivity index is 0.963. The van der Waals surface area contributed by atoms with Crippen molar-refractivity contribution in [3.8, 4) is 57.1 Å². The summed E-state index contributed by atoms with van der Waals surface area (Å²) in [5.41, 5.74) is 5.63. The van der Waals surface area contributed by atoms with E-state index in [9.17, 15) is 58.5 Å². The number of aromatic hydroxyl groups is 2. The quantitative estimate of drug-likeness (QED) is 0.0518. The second-order valence-corrected chi connectivity index (χ2v) is 34.2. The molecule has 5 fully saturated rings. The molecule has 0 unspecified atom stereocenters. The Bertz CT molecular complexity index is 5010. The first-order valence-electron chi connectivity index (χ1n) is 39.2. The number of aliphatic hydroxyl groups is 5. The zero-order valence-electron chi connectivity index (χ0n) is 65.7. The molecule has 35 nitrogen and oxygen atoms in total. The summed E-state index contributed by atoms with van der Waals surface area (Å²) in [6.45, 7) is 6.49. The minimum Gasteiger partial charge on any atom is -0.508 e. The predicted octanol–water partition coefficient (Wildman–Crippen LogP) is 3.13. The van der Waals surface area contributed by atoms with E-state index in [1.165, 1.54) is 105 Å². The van der Waals surface area contributed by atoms with E-state index in [1.807, 2.05) is 13.8 Å². The SMILES string of the molecule is CN[C@H](CC(C)C)C(=O)N[C@H]1C(=O)N[C@@H](CC(=O)NC(=O)Nc2ccc(OCCCNS(C)(=O)=O)cc2)C(=O)N[C@H]2C(=O)N[C@H]3C(=O)N[C@H](C(=O)N[C@H](C(=O)NC4C5CC6CC(C5)CC4C6)c4cc(O)cc(C)c4-c4cc3ccc4O)[C@H](O)c3ccc(c(Cl)c3)Oc3cc2cc(c3O[C@@H]2O[C@H](CN)[C@@H](O)[C@H](O)[C@H]2O)Oc2ccc(cc2C)[C@H]1O. The van der Waals surface area contributed by atoms with E-state index < -0.39 is 190 Å². The van der Waals surface area contributed by atoms with E-state index in [4.69, 9.17) is 41.0 Å². The van der Waals surface area contributed by atoms with Crippen molar-refractivity contribution in [2.75, 3.05) is 38.3 Å². The number of sulfonamides is 1. The van der Waals surface area contributed by atoms with E-state index in [-0.39, 0.29) is 116 Å². The van der Waals surface area contributed by atoms with Crippen molar-refractivity contribution in [2.24, 2.45) is 35.3 Å². The number of carbonyl (C=O) groups is 9. The van der Waals surface area contributed by atoms with Crippen molar-refractivity contribution in [3.05, 3.63) is 147 Å². The molecule has 10 aliphatic rings. The highest BCUT2D eigenvalue weighted by atomic mass is 35.5. The van der Waals surface area contributed by atoms with E-state index >= 15 is 28.8 Å². The zero-order chi connectivity index (χ0) is 85.3. The molecule has 4 aliphatic carbocycles. The minimum absolute atomic E-state index is 0.0448. The Morgan fingerprint density at radius 2 is 1.30 bits per heavy atom. The zero-order valence-corrected chi connectivity index (χ0v) is 67.2. The minimum atomic E-state index is -3.45. The van der Waals surface area contributed by atoms with Crippen LogP contribution in [0.25, 0.3) is 11.1 Å². The first-order chi connectivity index (χ1) is 56.6. The third-order valence-electron chi connectivity index (χ3n) is 22.8. The molecular weight excluding hydrogens is 1590 g/mol. The number of hydrogen-bond donors (Lipinski definition) is 19. The molecule has 16 rings (SSSR count). The summed E-state index contributed by atoms with van der Waals surface area (Å²) in [4.78, 5) is 138. The van der Waals surface area contributed by atoms with Gasteiger partial charge in [0.2, 0.25) is 69.3 Å². The summed E-state index contributed by atoms with van der Waals surface area (Å²) < 4.78 is 57.0. The number of aliphatic hydroxyl groups excluding tert-OH is 5. The van der Waals surface area contributed by atoms with Gasteiger partial charge in [-0.25, -0.2) is 17.9 Å². The van der Waals surface area contributed by atoms with Gasteiger partial charge in [-0.2, -0.15) is 0 Å². The molecule has 6 aromatic rings. The second kappa shape index (κ2) is 36.0. The fourth-order valence-electron chi connectivity index (χ4n) is 17.1. The molecule has 636 valence electrons. The van der Waals surface area contributed by atoms with Crippen molar-refractivity contribution < 1.29 is 111 Å². The lowest BCUT2D eigenvalue weighted by atomic mass is 9.54. The third-order valence-corrected chi connectivity index (χ3v) is 23.8. The highest BCUT2D eigenvalue weighted by Gasteiger charge is 2.51. The first kappa shape index (κ1) is 86.1. The van der Waals surface area contributed by atoms with Crippen LogP contribution in [0, 0.1) is 43.4 Å². The molecule has 6 aliphatic heterocycles. The smallest absolute Gasteiger partial charge is 0.325 e. The number of likely N-dealkylation sites (N-methyl/N-ethyl adjacent to an activating group) is 1. The second-order valence-electron chi connectivity index (χ2n) is 31.9. The molecule has 119 heavy (non-hydrogen) atoms. The number of benzene rings is 6. The Kier molecular flexibility index (Phi) is 26.1. The van der Waals surface area contributed by atoms with Crippen LogP contribution in [-0.2, 0) is 53.1 Å². The highest BCUT2D eigenvalue weighted by molar-refractivity contribution is 7.88. The number of carbonyl (C=O) groups excluding carboxylic acids is 9. The van der Waals surface area contributed by atoms with Gasteiger partial charge in [-0.15, -0.1) is 0 Å². The topological polar surface area (TPSA) is 534 Å². The molecule has 10 amide bonds. The number of ether oxygens (including phenoxy) is 5. The Labute approximate surface area is 688 Å². The van der Waals surface area contributed by atoms with E-state index in [1.54, 1.807) is 6.92 Å². The number of aryl methyl sites for hydroxylation is 2. The molecule has 4 saturated carbocycles. The summed E-state index contributed by atoms with van der Waals surface area (Å²) in [6.07, 6.45) is -8.49. The van der Waals surface area contributed by atoms with E-state index in [0.29, 0.717) is 24.0 Å². The van der Waals surface area contributed by atoms with Gasteiger partial charge < -0.3 is 113 Å². The highest BCUT2D eigenvalue weighted by Crippen LogP contribution is 2.55. The molecule has 15 bridgehead atoms. The average molecular weight is 1690 g/mol. The van der Waals surface area contributed by atoms with Gasteiger partial charge in [-0.05, 0) is 225 Å². The van der Waals surface area contributed by atoms with Gasteiger partial charge in [-0.3, -0.25) is 43.7 Å². The van der Waals surface area contributed by atoms with Gasteiger partial charge in [0.25, 0.3) is 0 Å². The van der Waals surface area contributed by atoms with Gasteiger partial charge in [0, 0.05) is 30.4 Å². The molecule has 6 aromatic carbocycles. The standard InChI is InChI=1S/C82H97ClN12O23S/c1-35(2)20-52(85-5)74(104)94-66-68(99)41-9-16-55(36(3)21-41)115-57-30-45-31-58(73(57)118-81-72(103)71(102)70(101)59(34-84)117-81)116-56-17-10-42(29-51(56)83)69(100)67-80(110)93-65(78(108)90-62-43-24-38-23-39(26-43)27-44(62)25-38)50-32-47(96)22-37(4)61(50)49-28-40(8-15-54(49)97)63(76(106)95-67)92-77(107)64(45)91-75(105)53(88-79(66)109)33-60(98)89-82(111)87-46-11-13-48(14-12-46)114-19-7-18-86-119(6,112)113/h8-17,21-22,28-32,35,38-39,43-44,52-53,59,62-72,81,85-86,96-97,99-103H,7,18-20,23-27,33-34,84H2,1-6H3,(H,88,109)(H,90,108)(H,91,105)(H,92,107)(H,93,110)(H,94,104)(H,95,106)(H2,87,89,98,111)/t38?,39?,43?,44?,52-,53+,59-,62?,63-,64-,65+,66-,67+,68-,69-,70-,71+,72-,81+/m1/s1. The van der Waals surface area contributed by atoms with Gasteiger partial charge >= 0.3 is 6.03 Å². The van der Waals surface area contributed by atoms with Crippen LogP contribution in [0.5, 0.6) is 46.0 Å². The number of nitrogens with two attached hydrogens (primary N) is 1. The van der Waals surface area contributed by atoms with E-state index in [2.05, 4.69) is 57.9 Å². The lowest BCUT2D eigenvalue weighted by Crippen LogP contribution is -2.60. The molecule has 0 radical (unpaired) electrons. The molecule has 6 heterocycles. The Morgan fingerprint density at radius 3 is 1.95 bits per heavy atom. The van der Waals surface area contributed by atoms with Crippen LogP contribution in [0.4, 0.5) is 10.5 Å². The summed E-state index contributed by atoms with van der Waals surface area (Å²) in [5.74, 6) is -10.9. The number of imide groups is 1. The van der Waals surface area contributed by atoms with Gasteiger partial charge in [0.05, 0.1) is 30.3 Å². The number of hydrogen-bond acceptors (Lipinski definition) is 25. The maximum atomic E-state index is 16.5. The fraction of sp³-hybridized carbons (Fsp3) is 0.451. The monoisotopic (exact) mass is 1680 g/mol. The van der Waals surface area contributed by atoms with Gasteiger partial charge in [-0.1, -0.05) is 43.6 Å². The van der Waals surface area contributed by atoms with E-state index in [0.717, 1.165) is 50.5 Å². The van der Waals surface area contributed by atoms with Crippen LogP contribution in [-0.4, -0.2) is 191 Å². The number of rotatable bonds is 19. The molecule has 14 atom stereocenters. The van der Waals surface area contributed by atoms with Crippen molar-refractivity contribution in [3.63, 3.8) is 0 Å². The number of amides is 10. The number of nitrogens with one attached hydrogen (secondary N) is 11. The number of phenols is 2. The number of fused-ring (bicyclic) bond motifs is 15. The summed E-state index contributed by atoms with van der Waals surface area (Å²) in [6, 6.07) is 6.73. The fourth-order valence-corrected chi connectivity index (χ4v) is 17.8. The molecule has 37 heteroatoms. The number of anilines is 1. The van der Waals surface area contributed by atoms with Crippen molar-refractivity contribution >= 4 is 80.6 Å². The number of urea groups is 1. The van der Waals surface area contributed by atoms with Gasteiger partial charge in [0.1, 0.15) is 102 Å². The Morgan fingerprint density at radius 1 is 0.664 bits per heavy atom. The maximum Gasteiger partial charge on any atom is 0.325 e. The third kappa shape index (κ3) is 19.4. The van der Waals surface area contributed by atoms with Crippen molar-refractivity contribution in [1.29, 1.82) is 0 Å². The largest absolute Gasteiger partial charge is 0.508 e. The molecule has 0 spiro atoms. The molecular formula is C82H97ClN12O23S. The average Bonchev–Trinajstić information content (AvgIpc) is 0.761. The Hall–Kier alpha value is -10.8. The summed E-state index contributed by atoms with van der Waals surface area (Å²) in [5, 5.41) is 109.